The van der Waals surface area contributed by atoms with E-state index in [2.05, 4.69) is 13.2 Å². The maximum absolute atomic E-state index is 11.7. The van der Waals surface area contributed by atoms with E-state index < -0.39 is 0 Å². The largest absolute Gasteiger partial charge is 0.453 e. The predicted molar refractivity (Wildman–Crippen MR) is 65.3 cm³/mol. The first-order valence-electron chi connectivity index (χ1n) is 5.77. The number of carbonyl (C=O) groups excluding carboxylic acids is 1. The van der Waals surface area contributed by atoms with Gasteiger partial charge in [-0.1, -0.05) is 12.2 Å². The van der Waals surface area contributed by atoms with Gasteiger partial charge in [0.25, 0.3) is 0 Å². The Morgan fingerprint density at radius 2 is 2.25 bits per heavy atom. The van der Waals surface area contributed by atoms with E-state index in [4.69, 9.17) is 4.74 Å². The lowest BCUT2D eigenvalue weighted by molar-refractivity contribution is 0.0825. The number of likely N-dealkylation sites (tertiary alicyclic amines) is 1. The molecule has 1 atom stereocenters. The summed E-state index contributed by atoms with van der Waals surface area (Å²) in [7, 11) is 1.44. The molecule has 0 bridgehead atoms. The van der Waals surface area contributed by atoms with Gasteiger partial charge in [-0.15, -0.1) is 13.2 Å². The molecule has 1 aliphatic rings. The fourth-order valence-electron chi connectivity index (χ4n) is 2.55. The summed E-state index contributed by atoms with van der Waals surface area (Å²) >= 11 is 0. The van der Waals surface area contributed by atoms with E-state index >= 15 is 0 Å². The Morgan fingerprint density at radius 1 is 1.50 bits per heavy atom. The van der Waals surface area contributed by atoms with Crippen molar-refractivity contribution in [3.8, 4) is 0 Å². The number of amides is 1. The molecule has 1 rings (SSSR count). The molecule has 1 saturated heterocycles. The fraction of sp³-hybridized carbons (Fsp3) is 0.615. The minimum atomic E-state index is -0.219. The molecule has 1 aliphatic heterocycles. The molecule has 16 heavy (non-hydrogen) atoms. The minimum Gasteiger partial charge on any atom is -0.453 e. The molecular weight excluding hydrogens is 202 g/mol. The van der Waals surface area contributed by atoms with Gasteiger partial charge in [-0.05, 0) is 32.1 Å². The summed E-state index contributed by atoms with van der Waals surface area (Å²) in [6, 6.07) is 0. The van der Waals surface area contributed by atoms with Crippen LogP contribution in [0.5, 0.6) is 0 Å². The highest BCUT2D eigenvalue weighted by Crippen LogP contribution is 2.37. The number of ether oxygens (including phenoxy) is 1. The van der Waals surface area contributed by atoms with Gasteiger partial charge < -0.3 is 9.64 Å². The number of allylic oxidation sites excluding steroid dienone is 1. The van der Waals surface area contributed by atoms with E-state index in [9.17, 15) is 4.79 Å². The maximum Gasteiger partial charge on any atom is 0.409 e. The molecule has 0 N–H and O–H groups in total. The first kappa shape index (κ1) is 12.8. The van der Waals surface area contributed by atoms with Crippen LogP contribution < -0.4 is 0 Å². The zero-order valence-electron chi connectivity index (χ0n) is 10.1. The van der Waals surface area contributed by atoms with E-state index in [1.165, 1.54) is 7.11 Å². The molecular formula is C13H21NO2. The molecule has 0 aromatic carbocycles. The Labute approximate surface area is 97.8 Å². The summed E-state index contributed by atoms with van der Waals surface area (Å²) in [5.74, 6) is 0. The van der Waals surface area contributed by atoms with Crippen LogP contribution in [0.4, 0.5) is 4.79 Å². The summed E-state index contributed by atoms with van der Waals surface area (Å²) in [6.45, 7) is 8.32. The van der Waals surface area contributed by atoms with Crippen molar-refractivity contribution in [3.63, 3.8) is 0 Å². The molecule has 1 unspecified atom stereocenters. The number of carbonyl (C=O) groups is 1. The molecule has 3 nitrogen and oxygen atoms in total. The third kappa shape index (κ3) is 2.46. The molecule has 0 radical (unpaired) electrons. The molecule has 0 aromatic heterocycles. The van der Waals surface area contributed by atoms with Crippen LogP contribution >= 0.6 is 0 Å². The average molecular weight is 223 g/mol. The number of nitrogens with zero attached hydrogens (tertiary/aromatic N) is 1. The summed E-state index contributed by atoms with van der Waals surface area (Å²) < 4.78 is 4.84. The normalized spacial score (nSPS) is 24.2. The van der Waals surface area contributed by atoms with Gasteiger partial charge >= 0.3 is 6.09 Å². The van der Waals surface area contributed by atoms with Crippen molar-refractivity contribution in [2.24, 2.45) is 0 Å². The van der Waals surface area contributed by atoms with Crippen LogP contribution in [-0.4, -0.2) is 30.2 Å². The standard InChI is InChI=1S/C13H21NO2/c1-4-6-9-13(8-5-2)10-7-11-14(13)12(15)16-3/h4-5H,1-2,6-11H2,3H3. The van der Waals surface area contributed by atoms with Crippen LogP contribution in [0.15, 0.2) is 25.3 Å². The second kappa shape index (κ2) is 5.73. The van der Waals surface area contributed by atoms with Crippen LogP contribution in [0, 0.1) is 0 Å². The van der Waals surface area contributed by atoms with Gasteiger partial charge in [-0.2, -0.15) is 0 Å². The lowest BCUT2D eigenvalue weighted by Crippen LogP contribution is -2.47. The third-order valence-corrected chi connectivity index (χ3v) is 3.33. The van der Waals surface area contributed by atoms with Crippen molar-refractivity contribution in [1.82, 2.24) is 4.90 Å². The highest BCUT2D eigenvalue weighted by molar-refractivity contribution is 5.69. The second-order valence-electron chi connectivity index (χ2n) is 4.27. The first-order chi connectivity index (χ1) is 7.70. The van der Waals surface area contributed by atoms with Crippen molar-refractivity contribution < 1.29 is 9.53 Å². The highest BCUT2D eigenvalue weighted by atomic mass is 16.5. The molecule has 0 aliphatic carbocycles. The van der Waals surface area contributed by atoms with Crippen molar-refractivity contribution in [3.05, 3.63) is 25.3 Å². The molecule has 1 heterocycles. The molecule has 90 valence electrons. The average Bonchev–Trinajstić information content (AvgIpc) is 2.70. The maximum atomic E-state index is 11.7. The highest BCUT2D eigenvalue weighted by Gasteiger charge is 2.42. The molecule has 1 amide bonds. The Kier molecular flexibility index (Phi) is 4.59. The monoisotopic (exact) mass is 223 g/mol. The zero-order chi connectivity index (χ0) is 12.0. The van der Waals surface area contributed by atoms with E-state index in [1.807, 2.05) is 17.1 Å². The Balaban J connectivity index is 2.83. The zero-order valence-corrected chi connectivity index (χ0v) is 10.1. The predicted octanol–water partition coefficient (Wildman–Crippen LogP) is 3.13. The number of hydrogen-bond acceptors (Lipinski definition) is 2. The van der Waals surface area contributed by atoms with E-state index in [0.29, 0.717) is 0 Å². The number of rotatable bonds is 5. The SMILES string of the molecule is C=CCCC1(CC=C)CCCN1C(=O)OC. The van der Waals surface area contributed by atoms with E-state index in [-0.39, 0.29) is 11.6 Å². The van der Waals surface area contributed by atoms with Gasteiger partial charge in [0.2, 0.25) is 0 Å². The van der Waals surface area contributed by atoms with Gasteiger partial charge in [0.15, 0.2) is 0 Å². The van der Waals surface area contributed by atoms with Crippen molar-refractivity contribution >= 4 is 6.09 Å². The summed E-state index contributed by atoms with van der Waals surface area (Å²) in [5.41, 5.74) is -0.0942. The molecule has 0 saturated carbocycles. The van der Waals surface area contributed by atoms with Gasteiger partial charge in [-0.3, -0.25) is 0 Å². The summed E-state index contributed by atoms with van der Waals surface area (Å²) in [4.78, 5) is 13.6. The van der Waals surface area contributed by atoms with Crippen molar-refractivity contribution in [2.75, 3.05) is 13.7 Å². The van der Waals surface area contributed by atoms with Crippen molar-refractivity contribution in [1.29, 1.82) is 0 Å². The molecule has 0 spiro atoms. The van der Waals surface area contributed by atoms with Gasteiger partial charge in [0, 0.05) is 6.54 Å². The van der Waals surface area contributed by atoms with Crippen molar-refractivity contribution in [2.45, 2.75) is 37.6 Å². The van der Waals surface area contributed by atoms with Crippen LogP contribution in [0.2, 0.25) is 0 Å². The Bertz CT molecular complexity index is 275. The van der Waals surface area contributed by atoms with Crippen LogP contribution in [0.1, 0.15) is 32.1 Å². The Hall–Kier alpha value is -1.25. The quantitative estimate of drug-likeness (QED) is 0.670. The Morgan fingerprint density at radius 3 is 2.81 bits per heavy atom. The lowest BCUT2D eigenvalue weighted by atomic mass is 9.87. The van der Waals surface area contributed by atoms with Crippen LogP contribution in [0.3, 0.4) is 0 Å². The van der Waals surface area contributed by atoms with Gasteiger partial charge in [0.1, 0.15) is 0 Å². The van der Waals surface area contributed by atoms with Gasteiger partial charge in [-0.25, -0.2) is 4.79 Å². The van der Waals surface area contributed by atoms with E-state index in [0.717, 1.165) is 38.6 Å². The fourth-order valence-corrected chi connectivity index (χ4v) is 2.55. The smallest absolute Gasteiger partial charge is 0.409 e. The molecule has 1 fully saturated rings. The lowest BCUT2D eigenvalue weighted by Gasteiger charge is -2.37. The molecule has 0 aromatic rings. The van der Waals surface area contributed by atoms with E-state index in [1.54, 1.807) is 0 Å². The topological polar surface area (TPSA) is 29.5 Å². The number of hydrogen-bond donors (Lipinski definition) is 0. The van der Waals surface area contributed by atoms with Crippen LogP contribution in [-0.2, 0) is 4.74 Å². The van der Waals surface area contributed by atoms with Gasteiger partial charge in [0.05, 0.1) is 12.6 Å². The number of methoxy groups -OCH3 is 1. The summed E-state index contributed by atoms with van der Waals surface area (Å²) in [6.07, 6.45) is 8.34. The summed E-state index contributed by atoms with van der Waals surface area (Å²) in [5, 5.41) is 0. The second-order valence-corrected chi connectivity index (χ2v) is 4.27. The minimum absolute atomic E-state index is 0.0942. The van der Waals surface area contributed by atoms with Crippen LogP contribution in [0.25, 0.3) is 0 Å². The first-order valence-corrected chi connectivity index (χ1v) is 5.77. The third-order valence-electron chi connectivity index (χ3n) is 3.33. The molecule has 3 heteroatoms.